The van der Waals surface area contributed by atoms with E-state index in [0.29, 0.717) is 52.5 Å². The molecule has 16 heteroatoms. The first kappa shape index (κ1) is 44.5. The van der Waals surface area contributed by atoms with Crippen LogP contribution >= 0.6 is 0 Å². The van der Waals surface area contributed by atoms with Gasteiger partial charge in [0.15, 0.2) is 12.6 Å². The van der Waals surface area contributed by atoms with Crippen LogP contribution in [0.5, 0.6) is 17.6 Å². The summed E-state index contributed by atoms with van der Waals surface area (Å²) in [6, 6.07) is 7.92. The summed E-state index contributed by atoms with van der Waals surface area (Å²) in [6.45, 7) is 14.3. The zero-order valence-corrected chi connectivity index (χ0v) is 38.4. The van der Waals surface area contributed by atoms with Crippen LogP contribution in [0.2, 0.25) is 16.6 Å². The Labute approximate surface area is 367 Å². The first-order chi connectivity index (χ1) is 30.2. The van der Waals surface area contributed by atoms with Gasteiger partial charge in [-0.1, -0.05) is 58.7 Å². The summed E-state index contributed by atoms with van der Waals surface area (Å²) in [5.41, 5.74) is 10.7. The first-order valence-corrected chi connectivity index (χ1v) is 24.3. The van der Waals surface area contributed by atoms with Gasteiger partial charge < -0.3 is 34.5 Å². The van der Waals surface area contributed by atoms with Crippen LogP contribution in [0.4, 0.5) is 24.9 Å². The summed E-state index contributed by atoms with van der Waals surface area (Å²) < 4.78 is 77.8. The number of nitrogens with two attached hydrogens (primary N) is 1. The van der Waals surface area contributed by atoms with Crippen LogP contribution < -0.4 is 25.3 Å². The van der Waals surface area contributed by atoms with E-state index < -0.39 is 31.4 Å². The number of hydrogen-bond acceptors (Lipinski definition) is 12. The van der Waals surface area contributed by atoms with Gasteiger partial charge in [-0.05, 0) is 78.9 Å². The number of nitrogens with zero attached hydrogens (tertiary/aromatic N) is 5. The monoisotopic (exact) mass is 885 g/mol. The van der Waals surface area contributed by atoms with E-state index in [0.717, 1.165) is 37.9 Å². The summed E-state index contributed by atoms with van der Waals surface area (Å²) in [5.74, 6) is 2.96. The third kappa shape index (κ3) is 8.28. The Morgan fingerprint density at radius 2 is 1.78 bits per heavy atom. The van der Waals surface area contributed by atoms with Gasteiger partial charge in [0.05, 0.1) is 23.9 Å². The smallest absolute Gasteiger partial charge is 0.319 e. The number of halogens is 3. The Morgan fingerprint density at radius 1 is 1.00 bits per heavy atom. The van der Waals surface area contributed by atoms with Crippen molar-refractivity contribution in [1.82, 2.24) is 25.0 Å². The highest BCUT2D eigenvalue weighted by Crippen LogP contribution is 2.45. The standard InChI is InChI=1S/C47H58F3N7O5Si/c1-26(2)63(27(3)4,28(5)6)17-14-34-36(49)13-11-30-19-33(61-25-58-7)20-35(39(30)34)42-41(50)43-40(45(53-42)59-8)44(52-32-12-10-29(18-32)37-21-38(51)62-56-37)55-46(54-43)60-24-47-15-9-16-57(47)23-31(48)22-47/h11,13,19-21,26-29,31-32H,9-10,12,15-16,18,22-25,51H2,1-8H3,(H,52,54,55)/t29-,31+,32+,47-/m0/s1. The van der Waals surface area contributed by atoms with Crippen molar-refractivity contribution in [3.63, 3.8) is 0 Å². The van der Waals surface area contributed by atoms with E-state index in [-0.39, 0.29) is 76.7 Å². The Hall–Kier alpha value is -5.11. The van der Waals surface area contributed by atoms with Crippen molar-refractivity contribution < 1.29 is 36.6 Å². The van der Waals surface area contributed by atoms with Gasteiger partial charge in [-0.15, -0.1) is 5.54 Å². The number of fused-ring (bicyclic) bond motifs is 3. The van der Waals surface area contributed by atoms with Gasteiger partial charge in [0.2, 0.25) is 11.8 Å². The molecule has 2 saturated heterocycles. The Balaban J connectivity index is 1.31. The predicted octanol–water partition coefficient (Wildman–Crippen LogP) is 9.96. The molecule has 63 heavy (non-hydrogen) atoms. The first-order valence-electron chi connectivity index (χ1n) is 22.0. The predicted molar refractivity (Wildman–Crippen MR) is 241 cm³/mol. The number of aromatic nitrogens is 4. The van der Waals surface area contributed by atoms with E-state index in [1.807, 2.05) is 0 Å². The van der Waals surface area contributed by atoms with Crippen LogP contribution in [0.15, 0.2) is 34.9 Å². The molecule has 3 aromatic heterocycles. The van der Waals surface area contributed by atoms with Crippen LogP contribution in [0, 0.1) is 23.1 Å². The number of methoxy groups -OCH3 is 2. The van der Waals surface area contributed by atoms with E-state index >= 15 is 8.78 Å². The number of pyridine rings is 1. The van der Waals surface area contributed by atoms with Crippen LogP contribution in [-0.4, -0.2) is 91.5 Å². The number of rotatable bonds is 14. The third-order valence-electron chi connectivity index (χ3n) is 13.8. The summed E-state index contributed by atoms with van der Waals surface area (Å²) >= 11 is 0. The van der Waals surface area contributed by atoms with E-state index in [9.17, 15) is 4.39 Å². The maximum Gasteiger partial charge on any atom is 0.319 e. The minimum absolute atomic E-state index is 0.0390. The summed E-state index contributed by atoms with van der Waals surface area (Å²) in [5, 5.41) is 8.82. The molecule has 12 nitrogen and oxygen atoms in total. The molecular formula is C47H58F3N7O5Si. The molecule has 8 rings (SSSR count). The normalized spacial score (nSPS) is 21.5. The van der Waals surface area contributed by atoms with Crippen LogP contribution in [0.3, 0.4) is 0 Å². The van der Waals surface area contributed by atoms with Gasteiger partial charge in [-0.2, -0.15) is 9.97 Å². The number of anilines is 2. The van der Waals surface area contributed by atoms with Crippen LogP contribution in [-0.2, 0) is 4.74 Å². The van der Waals surface area contributed by atoms with Crippen molar-refractivity contribution >= 4 is 41.5 Å². The topological polar surface area (TPSA) is 143 Å². The van der Waals surface area contributed by atoms with Gasteiger partial charge >= 0.3 is 6.01 Å². The molecule has 5 heterocycles. The lowest BCUT2D eigenvalue weighted by atomic mass is 9.95. The molecular weight excluding hydrogens is 828 g/mol. The minimum Gasteiger partial charge on any atom is -0.480 e. The number of ether oxygens (including phenoxy) is 4. The van der Waals surface area contributed by atoms with Crippen molar-refractivity contribution in [1.29, 1.82) is 0 Å². The largest absolute Gasteiger partial charge is 0.480 e. The van der Waals surface area contributed by atoms with E-state index in [1.54, 1.807) is 24.3 Å². The summed E-state index contributed by atoms with van der Waals surface area (Å²) in [6.07, 6.45) is 3.28. The molecule has 2 aromatic carbocycles. The molecule has 5 aromatic rings. The summed E-state index contributed by atoms with van der Waals surface area (Å²) in [7, 11) is 0.604. The average molecular weight is 886 g/mol. The molecule has 0 amide bonds. The van der Waals surface area contributed by atoms with Crippen molar-refractivity contribution in [2.75, 3.05) is 51.8 Å². The molecule has 0 spiro atoms. The zero-order valence-electron chi connectivity index (χ0n) is 37.4. The van der Waals surface area contributed by atoms with Gasteiger partial charge in [0.25, 0.3) is 0 Å². The van der Waals surface area contributed by atoms with E-state index in [2.05, 4.69) is 68.4 Å². The lowest BCUT2D eigenvalue weighted by Crippen LogP contribution is -2.43. The number of nitrogens with one attached hydrogen (secondary N) is 1. The number of alkyl halides is 1. The Morgan fingerprint density at radius 3 is 2.48 bits per heavy atom. The quantitative estimate of drug-likeness (QED) is 0.0623. The third-order valence-corrected chi connectivity index (χ3v) is 20.1. The molecule has 3 fully saturated rings. The van der Waals surface area contributed by atoms with Crippen LogP contribution in [0.25, 0.3) is 32.9 Å². The van der Waals surface area contributed by atoms with Gasteiger partial charge in [-0.3, -0.25) is 4.90 Å². The Bertz CT molecular complexity index is 2540. The van der Waals surface area contributed by atoms with E-state index in [4.69, 9.17) is 44.2 Å². The van der Waals surface area contributed by atoms with Crippen molar-refractivity contribution in [2.24, 2.45) is 0 Å². The zero-order chi connectivity index (χ0) is 44.8. The molecule has 3 N–H and O–H groups in total. The van der Waals surface area contributed by atoms with Gasteiger partial charge in [-0.25, -0.2) is 18.2 Å². The number of benzene rings is 2. The maximum absolute atomic E-state index is 17.9. The molecule has 3 aliphatic rings. The van der Waals surface area contributed by atoms with Crippen molar-refractivity contribution in [3.8, 4) is 40.4 Å². The van der Waals surface area contributed by atoms with E-state index in [1.165, 1.54) is 20.3 Å². The second kappa shape index (κ2) is 17.8. The highest BCUT2D eigenvalue weighted by Gasteiger charge is 2.49. The fourth-order valence-electron chi connectivity index (χ4n) is 10.9. The molecule has 2 aliphatic heterocycles. The highest BCUT2D eigenvalue weighted by molar-refractivity contribution is 6.90. The lowest BCUT2D eigenvalue weighted by molar-refractivity contribution is 0.0512. The molecule has 0 bridgehead atoms. The molecule has 1 saturated carbocycles. The van der Waals surface area contributed by atoms with Crippen LogP contribution in [0.1, 0.15) is 97.2 Å². The molecule has 1 aliphatic carbocycles. The summed E-state index contributed by atoms with van der Waals surface area (Å²) in [4.78, 5) is 16.5. The molecule has 4 atom stereocenters. The van der Waals surface area contributed by atoms with Gasteiger partial charge in [0, 0.05) is 49.1 Å². The fourth-order valence-corrected chi connectivity index (χ4v) is 16.1. The molecule has 0 radical (unpaired) electrons. The lowest BCUT2D eigenvalue weighted by Gasteiger charge is -2.38. The molecule has 336 valence electrons. The maximum atomic E-state index is 17.9. The van der Waals surface area contributed by atoms with Crippen molar-refractivity contribution in [2.45, 2.75) is 120 Å². The number of hydrogen-bond donors (Lipinski definition) is 2. The minimum atomic E-state index is -2.34. The Kier molecular flexibility index (Phi) is 12.6. The fraction of sp³-hybridized carbons (Fsp3) is 0.532. The highest BCUT2D eigenvalue weighted by atomic mass is 28.3. The SMILES string of the molecule is COCOc1cc(-c2nc(OC)c3c(N[C@@H]4CC[C@H](c5cc(N)on5)C4)nc(OC[C@@]45CCCN4C[C@H](F)C5)nc3c2F)c2c(C#C[Si](C(C)C)(C(C)C)C(C)C)c(F)ccc2c1. The average Bonchev–Trinajstić information content (AvgIpc) is 4.04. The second-order valence-electron chi connectivity index (χ2n) is 18.4. The van der Waals surface area contributed by atoms with Gasteiger partial charge in [0.1, 0.15) is 54.8 Å². The second-order valence-corrected chi connectivity index (χ2v) is 24.0. The van der Waals surface area contributed by atoms with Crippen molar-refractivity contribution in [3.05, 3.63) is 53.2 Å². The molecule has 0 unspecified atom stereocenters. The number of nitrogen functional groups attached to an aromatic ring is 1.